The zero-order valence-electron chi connectivity index (χ0n) is 8.36. The van der Waals surface area contributed by atoms with Gasteiger partial charge in [-0.15, -0.1) is 0 Å². The number of carbonyl (C=O) groups is 2. The molecular formula is C11H12O4. The zero-order chi connectivity index (χ0) is 11.4. The average molecular weight is 208 g/mol. The highest BCUT2D eigenvalue weighted by molar-refractivity contribution is 5.89. The molecule has 1 aromatic rings. The lowest BCUT2D eigenvalue weighted by atomic mass is 10.0. The second kappa shape index (κ2) is 4.59. The van der Waals surface area contributed by atoms with Crippen molar-refractivity contribution in [2.75, 3.05) is 0 Å². The molecule has 0 spiro atoms. The number of aryl methyl sites for hydroxylation is 2. The van der Waals surface area contributed by atoms with Crippen LogP contribution >= 0.6 is 0 Å². The fourth-order valence-electron chi connectivity index (χ4n) is 1.37. The number of hydrogen-bond donors (Lipinski definition) is 2. The van der Waals surface area contributed by atoms with Crippen molar-refractivity contribution in [3.8, 4) is 0 Å². The molecule has 0 heterocycles. The predicted octanol–water partition coefficient (Wildman–Crippen LogP) is 1.71. The molecule has 0 aliphatic rings. The van der Waals surface area contributed by atoms with Crippen LogP contribution < -0.4 is 0 Å². The number of hydrogen-bond acceptors (Lipinski definition) is 2. The highest BCUT2D eigenvalue weighted by Gasteiger charge is 2.07. The van der Waals surface area contributed by atoms with Crippen molar-refractivity contribution in [3.05, 3.63) is 34.9 Å². The Bertz CT molecular complexity index is 396. The molecule has 0 saturated carbocycles. The van der Waals surface area contributed by atoms with E-state index in [0.29, 0.717) is 12.0 Å². The van der Waals surface area contributed by atoms with E-state index in [1.165, 1.54) is 6.07 Å². The van der Waals surface area contributed by atoms with Gasteiger partial charge in [-0.25, -0.2) is 4.79 Å². The number of aromatic carboxylic acids is 1. The third kappa shape index (κ3) is 3.09. The maximum Gasteiger partial charge on any atom is 0.335 e. The van der Waals surface area contributed by atoms with Crippen LogP contribution in [0.2, 0.25) is 0 Å². The molecule has 0 unspecified atom stereocenters. The Morgan fingerprint density at radius 2 is 1.93 bits per heavy atom. The first-order chi connectivity index (χ1) is 7.00. The molecule has 1 aromatic carbocycles. The van der Waals surface area contributed by atoms with E-state index in [1.54, 1.807) is 19.1 Å². The minimum atomic E-state index is -0.961. The minimum Gasteiger partial charge on any atom is -0.481 e. The van der Waals surface area contributed by atoms with Gasteiger partial charge in [0.05, 0.1) is 5.56 Å². The summed E-state index contributed by atoms with van der Waals surface area (Å²) in [5, 5.41) is 17.3. The Kier molecular flexibility index (Phi) is 3.44. The van der Waals surface area contributed by atoms with Crippen LogP contribution in [0.1, 0.15) is 27.9 Å². The summed E-state index contributed by atoms with van der Waals surface area (Å²) in [5.74, 6) is -1.81. The smallest absolute Gasteiger partial charge is 0.335 e. The fourth-order valence-corrected chi connectivity index (χ4v) is 1.37. The summed E-state index contributed by atoms with van der Waals surface area (Å²) >= 11 is 0. The van der Waals surface area contributed by atoms with Gasteiger partial charge in [-0.05, 0) is 30.5 Å². The highest BCUT2D eigenvalue weighted by atomic mass is 16.4. The van der Waals surface area contributed by atoms with E-state index >= 15 is 0 Å². The van der Waals surface area contributed by atoms with E-state index < -0.39 is 11.9 Å². The summed E-state index contributed by atoms with van der Waals surface area (Å²) in [6.45, 7) is 1.70. The molecule has 0 atom stereocenters. The van der Waals surface area contributed by atoms with Gasteiger partial charge in [0.2, 0.25) is 0 Å². The normalized spacial score (nSPS) is 9.93. The summed E-state index contributed by atoms with van der Waals surface area (Å²) < 4.78 is 0. The summed E-state index contributed by atoms with van der Waals surface area (Å²) in [7, 11) is 0. The van der Waals surface area contributed by atoms with Crippen molar-refractivity contribution >= 4 is 11.9 Å². The quantitative estimate of drug-likeness (QED) is 0.789. The van der Waals surface area contributed by atoms with Gasteiger partial charge in [0, 0.05) is 6.42 Å². The number of carboxylic acids is 2. The lowest BCUT2D eigenvalue weighted by Gasteiger charge is -2.03. The Morgan fingerprint density at radius 3 is 2.40 bits per heavy atom. The molecule has 0 amide bonds. The molecule has 0 aliphatic heterocycles. The van der Waals surface area contributed by atoms with Crippen LogP contribution in [0.3, 0.4) is 0 Å². The van der Waals surface area contributed by atoms with Crippen molar-refractivity contribution in [1.29, 1.82) is 0 Å². The predicted molar refractivity (Wildman–Crippen MR) is 54.1 cm³/mol. The molecule has 0 radical (unpaired) electrons. The summed E-state index contributed by atoms with van der Waals surface area (Å²) in [6.07, 6.45) is 0.488. The maximum atomic E-state index is 10.7. The Balaban J connectivity index is 2.82. The van der Waals surface area contributed by atoms with Crippen LogP contribution in [0.4, 0.5) is 0 Å². The Hall–Kier alpha value is -1.84. The Labute approximate surface area is 87.2 Å². The molecule has 2 N–H and O–H groups in total. The van der Waals surface area contributed by atoms with Crippen LogP contribution in [0.25, 0.3) is 0 Å². The molecule has 80 valence electrons. The van der Waals surface area contributed by atoms with Gasteiger partial charge in [0.15, 0.2) is 0 Å². The van der Waals surface area contributed by atoms with Crippen LogP contribution in [0.15, 0.2) is 18.2 Å². The molecule has 0 fully saturated rings. The van der Waals surface area contributed by atoms with Crippen molar-refractivity contribution in [3.63, 3.8) is 0 Å². The zero-order valence-corrected chi connectivity index (χ0v) is 8.36. The lowest BCUT2D eigenvalue weighted by Crippen LogP contribution is -2.02. The average Bonchev–Trinajstić information content (AvgIpc) is 2.14. The van der Waals surface area contributed by atoms with E-state index in [4.69, 9.17) is 10.2 Å². The second-order valence-electron chi connectivity index (χ2n) is 3.35. The number of carboxylic acid groups (broad SMARTS) is 2. The SMILES string of the molecule is Cc1cc(CCC(=O)O)ccc1C(=O)O. The van der Waals surface area contributed by atoms with E-state index in [1.807, 2.05) is 0 Å². The number of aliphatic carboxylic acids is 1. The van der Waals surface area contributed by atoms with Gasteiger partial charge in [-0.1, -0.05) is 12.1 Å². The fraction of sp³-hybridized carbons (Fsp3) is 0.273. The van der Waals surface area contributed by atoms with Crippen molar-refractivity contribution in [2.24, 2.45) is 0 Å². The molecule has 15 heavy (non-hydrogen) atoms. The van der Waals surface area contributed by atoms with Gasteiger partial charge in [0.1, 0.15) is 0 Å². The van der Waals surface area contributed by atoms with Gasteiger partial charge in [-0.2, -0.15) is 0 Å². The third-order valence-corrected chi connectivity index (χ3v) is 2.15. The van der Waals surface area contributed by atoms with Gasteiger partial charge >= 0.3 is 11.9 Å². The molecule has 1 rings (SSSR count). The minimum absolute atomic E-state index is 0.0614. The number of benzene rings is 1. The molecule has 4 heteroatoms. The van der Waals surface area contributed by atoms with E-state index in [2.05, 4.69) is 0 Å². The molecule has 0 bridgehead atoms. The van der Waals surface area contributed by atoms with Gasteiger partial charge in [0.25, 0.3) is 0 Å². The van der Waals surface area contributed by atoms with E-state index in [9.17, 15) is 9.59 Å². The van der Waals surface area contributed by atoms with Gasteiger partial charge < -0.3 is 10.2 Å². The molecule has 0 aliphatic carbocycles. The topological polar surface area (TPSA) is 74.6 Å². The van der Waals surface area contributed by atoms with Crippen molar-refractivity contribution < 1.29 is 19.8 Å². The van der Waals surface area contributed by atoms with Crippen LogP contribution in [-0.2, 0) is 11.2 Å². The lowest BCUT2D eigenvalue weighted by molar-refractivity contribution is -0.136. The van der Waals surface area contributed by atoms with Crippen molar-refractivity contribution in [2.45, 2.75) is 19.8 Å². The highest BCUT2D eigenvalue weighted by Crippen LogP contribution is 2.12. The van der Waals surface area contributed by atoms with Crippen LogP contribution in [-0.4, -0.2) is 22.2 Å². The maximum absolute atomic E-state index is 10.7. The first kappa shape index (κ1) is 11.2. The summed E-state index contributed by atoms with van der Waals surface area (Å²) in [4.78, 5) is 21.0. The standard InChI is InChI=1S/C11H12O4/c1-7-6-8(3-5-10(12)13)2-4-9(7)11(14)15/h2,4,6H,3,5H2,1H3,(H,12,13)(H,14,15). The number of rotatable bonds is 4. The summed E-state index contributed by atoms with van der Waals surface area (Å²) in [5.41, 5.74) is 1.76. The third-order valence-electron chi connectivity index (χ3n) is 2.15. The molecule has 0 saturated heterocycles. The second-order valence-corrected chi connectivity index (χ2v) is 3.35. The largest absolute Gasteiger partial charge is 0.481 e. The van der Waals surface area contributed by atoms with E-state index in [0.717, 1.165) is 5.56 Å². The molecule has 4 nitrogen and oxygen atoms in total. The summed E-state index contributed by atoms with van der Waals surface area (Å²) in [6, 6.07) is 4.88. The monoisotopic (exact) mass is 208 g/mol. The first-order valence-electron chi connectivity index (χ1n) is 4.55. The first-order valence-corrected chi connectivity index (χ1v) is 4.55. The van der Waals surface area contributed by atoms with E-state index in [-0.39, 0.29) is 12.0 Å². The van der Waals surface area contributed by atoms with Crippen LogP contribution in [0, 0.1) is 6.92 Å². The Morgan fingerprint density at radius 1 is 1.27 bits per heavy atom. The molecule has 0 aromatic heterocycles. The van der Waals surface area contributed by atoms with Gasteiger partial charge in [-0.3, -0.25) is 4.79 Å². The molecular weight excluding hydrogens is 196 g/mol. The van der Waals surface area contributed by atoms with Crippen LogP contribution in [0.5, 0.6) is 0 Å². The van der Waals surface area contributed by atoms with Crippen molar-refractivity contribution in [1.82, 2.24) is 0 Å².